The number of carbonyl (C=O) groups excluding carboxylic acids is 1. The van der Waals surface area contributed by atoms with Gasteiger partial charge in [-0.15, -0.1) is 0 Å². The molecule has 0 saturated heterocycles. The molecular formula is C24H24Cl2N2O3S. The van der Waals surface area contributed by atoms with Crippen molar-refractivity contribution in [3.8, 4) is 0 Å². The predicted octanol–water partition coefficient (Wildman–Crippen LogP) is 5.63. The molecule has 0 aliphatic carbocycles. The first-order chi connectivity index (χ1) is 15.2. The van der Waals surface area contributed by atoms with Crippen molar-refractivity contribution in [1.29, 1.82) is 0 Å². The Morgan fingerprint density at radius 2 is 1.62 bits per heavy atom. The van der Waals surface area contributed by atoms with E-state index in [9.17, 15) is 13.2 Å². The van der Waals surface area contributed by atoms with Crippen LogP contribution in [0.4, 0.5) is 5.69 Å². The van der Waals surface area contributed by atoms with Crippen LogP contribution in [0.15, 0.2) is 77.7 Å². The number of halogens is 2. The Bertz CT molecular complexity index is 1180. The van der Waals surface area contributed by atoms with Gasteiger partial charge in [-0.2, -0.15) is 0 Å². The number of amides is 1. The van der Waals surface area contributed by atoms with Crippen LogP contribution < -0.4 is 9.62 Å². The van der Waals surface area contributed by atoms with Crippen molar-refractivity contribution in [1.82, 2.24) is 5.32 Å². The summed E-state index contributed by atoms with van der Waals surface area (Å²) in [6.07, 6.45) is 0.929. The van der Waals surface area contributed by atoms with Crippen LogP contribution in [0.5, 0.6) is 0 Å². The number of aryl methyl sites for hydroxylation is 1. The van der Waals surface area contributed by atoms with Crippen molar-refractivity contribution < 1.29 is 13.2 Å². The van der Waals surface area contributed by atoms with Crippen molar-refractivity contribution in [2.45, 2.75) is 31.2 Å². The zero-order chi connectivity index (χ0) is 23.3. The van der Waals surface area contributed by atoms with Crippen molar-refractivity contribution in [3.05, 3.63) is 94.0 Å². The molecule has 0 bridgehead atoms. The van der Waals surface area contributed by atoms with Crippen molar-refractivity contribution in [2.75, 3.05) is 10.8 Å². The van der Waals surface area contributed by atoms with Crippen molar-refractivity contribution in [2.24, 2.45) is 0 Å². The summed E-state index contributed by atoms with van der Waals surface area (Å²) in [5.74, 6) is -0.436. The summed E-state index contributed by atoms with van der Waals surface area (Å²) < 4.78 is 27.8. The van der Waals surface area contributed by atoms with Gasteiger partial charge in [0, 0.05) is 10.0 Å². The first-order valence-corrected chi connectivity index (χ1v) is 12.3. The molecule has 0 aromatic heterocycles. The average molecular weight is 491 g/mol. The number of hydrogen-bond donors (Lipinski definition) is 1. The van der Waals surface area contributed by atoms with Gasteiger partial charge in [-0.25, -0.2) is 8.42 Å². The second-order valence-electron chi connectivity index (χ2n) is 7.33. The fourth-order valence-corrected chi connectivity index (χ4v) is 4.95. The van der Waals surface area contributed by atoms with Gasteiger partial charge in [0.15, 0.2) is 0 Å². The van der Waals surface area contributed by atoms with Gasteiger partial charge in [0.1, 0.15) is 6.54 Å². The van der Waals surface area contributed by atoms with E-state index in [0.717, 1.165) is 16.3 Å². The molecule has 0 saturated carbocycles. The maximum Gasteiger partial charge on any atom is 0.264 e. The highest BCUT2D eigenvalue weighted by Crippen LogP contribution is 2.27. The highest BCUT2D eigenvalue weighted by atomic mass is 35.5. The number of sulfonamides is 1. The monoisotopic (exact) mass is 490 g/mol. The van der Waals surface area contributed by atoms with E-state index in [0.29, 0.717) is 15.7 Å². The Morgan fingerprint density at radius 1 is 0.969 bits per heavy atom. The summed E-state index contributed by atoms with van der Waals surface area (Å²) in [6, 6.07) is 19.9. The first kappa shape index (κ1) is 24.1. The third kappa shape index (κ3) is 5.82. The molecule has 3 aromatic carbocycles. The number of nitrogens with zero attached hydrogens (tertiary/aromatic N) is 1. The summed E-state index contributed by atoms with van der Waals surface area (Å²) in [5, 5.41) is 3.66. The fourth-order valence-electron chi connectivity index (χ4n) is 3.22. The van der Waals surface area contributed by atoms with Gasteiger partial charge in [0.25, 0.3) is 10.0 Å². The standard InChI is InChI=1S/C24H24Cl2N2O3S/c1-3-18-7-9-19(10-8-18)17(2)27-24(29)16-28(22-6-4-5-21(26)15-22)32(30,31)23-13-11-20(25)12-14-23/h4-15,17H,3,16H2,1-2H3,(H,27,29)/t17-/m0/s1. The van der Waals surface area contributed by atoms with Crippen LogP contribution in [0.1, 0.15) is 31.0 Å². The van der Waals surface area contributed by atoms with Gasteiger partial charge in [-0.1, -0.05) is 60.5 Å². The lowest BCUT2D eigenvalue weighted by molar-refractivity contribution is -0.120. The molecule has 1 amide bonds. The molecule has 0 unspecified atom stereocenters. The van der Waals surface area contributed by atoms with Crippen LogP contribution in [0.3, 0.4) is 0 Å². The van der Waals surface area contributed by atoms with E-state index in [-0.39, 0.29) is 10.9 Å². The summed E-state index contributed by atoms with van der Waals surface area (Å²) in [4.78, 5) is 12.9. The Kier molecular flexibility index (Phi) is 7.82. The predicted molar refractivity (Wildman–Crippen MR) is 130 cm³/mol. The van der Waals surface area contributed by atoms with E-state index in [2.05, 4.69) is 12.2 Å². The highest BCUT2D eigenvalue weighted by molar-refractivity contribution is 7.92. The van der Waals surface area contributed by atoms with Gasteiger partial charge in [0.05, 0.1) is 16.6 Å². The summed E-state index contributed by atoms with van der Waals surface area (Å²) in [5.41, 5.74) is 2.43. The zero-order valence-electron chi connectivity index (χ0n) is 17.8. The molecule has 168 valence electrons. The number of hydrogen-bond acceptors (Lipinski definition) is 3. The second-order valence-corrected chi connectivity index (χ2v) is 10.1. The molecule has 0 radical (unpaired) electrons. The number of nitrogens with one attached hydrogen (secondary N) is 1. The molecule has 0 aliphatic heterocycles. The molecule has 0 aliphatic rings. The fraction of sp³-hybridized carbons (Fsp3) is 0.208. The minimum Gasteiger partial charge on any atom is -0.348 e. The van der Waals surface area contributed by atoms with E-state index in [1.165, 1.54) is 35.9 Å². The molecule has 8 heteroatoms. The maximum absolute atomic E-state index is 13.4. The van der Waals surface area contributed by atoms with E-state index >= 15 is 0 Å². The van der Waals surface area contributed by atoms with Crippen LogP contribution in [0.2, 0.25) is 10.0 Å². The summed E-state index contributed by atoms with van der Waals surface area (Å²) in [7, 11) is -4.04. The van der Waals surface area contributed by atoms with Gasteiger partial charge >= 0.3 is 0 Å². The molecule has 3 aromatic rings. The summed E-state index contributed by atoms with van der Waals surface area (Å²) >= 11 is 12.0. The Morgan fingerprint density at radius 3 is 2.22 bits per heavy atom. The lowest BCUT2D eigenvalue weighted by Gasteiger charge is -2.25. The van der Waals surface area contributed by atoms with E-state index in [4.69, 9.17) is 23.2 Å². The third-order valence-corrected chi connectivity index (χ3v) is 7.33. The molecule has 0 fully saturated rings. The number of carbonyl (C=O) groups is 1. The van der Waals surface area contributed by atoms with Crippen LogP contribution in [0.25, 0.3) is 0 Å². The SMILES string of the molecule is CCc1ccc([C@H](C)NC(=O)CN(c2cccc(Cl)c2)S(=O)(=O)c2ccc(Cl)cc2)cc1. The van der Waals surface area contributed by atoms with Crippen LogP contribution in [-0.2, 0) is 21.2 Å². The minimum atomic E-state index is -4.04. The maximum atomic E-state index is 13.4. The topological polar surface area (TPSA) is 66.5 Å². The molecule has 3 rings (SSSR count). The van der Waals surface area contributed by atoms with Gasteiger partial charge in [-0.3, -0.25) is 9.10 Å². The van der Waals surface area contributed by atoms with Gasteiger partial charge < -0.3 is 5.32 Å². The minimum absolute atomic E-state index is 0.0258. The highest BCUT2D eigenvalue weighted by Gasteiger charge is 2.28. The third-order valence-electron chi connectivity index (χ3n) is 5.05. The molecule has 0 heterocycles. The van der Waals surface area contributed by atoms with Crippen LogP contribution in [0, 0.1) is 0 Å². The molecule has 1 N–H and O–H groups in total. The molecular weight excluding hydrogens is 467 g/mol. The molecule has 5 nitrogen and oxygen atoms in total. The summed E-state index contributed by atoms with van der Waals surface area (Å²) in [6.45, 7) is 3.53. The zero-order valence-corrected chi connectivity index (χ0v) is 20.1. The lowest BCUT2D eigenvalue weighted by Crippen LogP contribution is -2.41. The smallest absolute Gasteiger partial charge is 0.264 e. The van der Waals surface area contributed by atoms with Crippen LogP contribution in [-0.4, -0.2) is 20.9 Å². The van der Waals surface area contributed by atoms with Gasteiger partial charge in [0.2, 0.25) is 5.91 Å². The van der Waals surface area contributed by atoms with E-state index in [1.54, 1.807) is 18.2 Å². The lowest BCUT2D eigenvalue weighted by atomic mass is 10.1. The van der Waals surface area contributed by atoms with Crippen molar-refractivity contribution >= 4 is 44.8 Å². The Labute approximate surface area is 199 Å². The quantitative estimate of drug-likeness (QED) is 0.444. The largest absolute Gasteiger partial charge is 0.348 e. The number of benzene rings is 3. The van der Waals surface area contributed by atoms with Crippen molar-refractivity contribution in [3.63, 3.8) is 0 Å². The number of rotatable bonds is 8. The Balaban J connectivity index is 1.86. The average Bonchev–Trinajstić information content (AvgIpc) is 2.77. The molecule has 0 spiro atoms. The number of anilines is 1. The second kappa shape index (κ2) is 10.4. The van der Waals surface area contributed by atoms with E-state index in [1.807, 2.05) is 31.2 Å². The molecule has 32 heavy (non-hydrogen) atoms. The first-order valence-electron chi connectivity index (χ1n) is 10.1. The Hall–Kier alpha value is -2.54. The van der Waals surface area contributed by atoms with E-state index < -0.39 is 22.5 Å². The van der Waals surface area contributed by atoms with Gasteiger partial charge in [-0.05, 0) is 66.9 Å². The van der Waals surface area contributed by atoms with Crippen LogP contribution >= 0.6 is 23.2 Å². The normalized spacial score (nSPS) is 12.2. The molecule has 1 atom stereocenters.